The van der Waals surface area contributed by atoms with Gasteiger partial charge in [0.15, 0.2) is 0 Å². The molecule has 0 saturated carbocycles. The van der Waals surface area contributed by atoms with Gasteiger partial charge in [0.25, 0.3) is 0 Å². The number of fused-ring (bicyclic) bond motifs is 4. The minimum atomic E-state index is 1.11. The SMILES string of the molecule is c1ccc(-c2ccc(-n3c4ccccc4c4cc(-c5ccc(-c6ccc(N(c7ccccc7)c7ccc(-c8cccc9ccccc89)cc7)cc6)cc5)ccc43)cc2)cc1. The van der Waals surface area contributed by atoms with Crippen LogP contribution in [-0.2, 0) is 0 Å². The summed E-state index contributed by atoms with van der Waals surface area (Å²) < 4.78 is 2.39. The van der Waals surface area contributed by atoms with Gasteiger partial charge in [-0.3, -0.25) is 0 Å². The van der Waals surface area contributed by atoms with Crippen LogP contribution in [0.4, 0.5) is 17.1 Å². The molecule has 0 atom stereocenters. The van der Waals surface area contributed by atoms with Gasteiger partial charge in [-0.25, -0.2) is 0 Å². The number of aromatic nitrogens is 1. The van der Waals surface area contributed by atoms with Gasteiger partial charge in [-0.2, -0.15) is 0 Å². The van der Waals surface area contributed by atoms with Gasteiger partial charge in [-0.15, -0.1) is 0 Å². The Hall–Kier alpha value is -7.94. The third-order valence-electron chi connectivity index (χ3n) is 11.8. The first-order valence-corrected chi connectivity index (χ1v) is 20.6. The molecule has 0 aliphatic carbocycles. The number of benzene rings is 10. The summed E-state index contributed by atoms with van der Waals surface area (Å²) in [7, 11) is 0. The highest BCUT2D eigenvalue weighted by atomic mass is 15.1. The van der Waals surface area contributed by atoms with Crippen molar-refractivity contribution in [2.45, 2.75) is 0 Å². The lowest BCUT2D eigenvalue weighted by Crippen LogP contribution is -2.09. The molecule has 11 aromatic rings. The van der Waals surface area contributed by atoms with E-state index in [2.05, 4.69) is 252 Å². The maximum atomic E-state index is 2.39. The van der Waals surface area contributed by atoms with E-state index in [1.165, 1.54) is 77.1 Å². The highest BCUT2D eigenvalue weighted by Crippen LogP contribution is 2.39. The van der Waals surface area contributed by atoms with E-state index in [4.69, 9.17) is 0 Å². The molecule has 0 amide bonds. The molecule has 2 heteroatoms. The summed E-state index contributed by atoms with van der Waals surface area (Å²) in [6, 6.07) is 87.7. The highest BCUT2D eigenvalue weighted by molar-refractivity contribution is 6.10. The molecule has 0 saturated heterocycles. The van der Waals surface area contributed by atoms with E-state index in [0.717, 1.165) is 22.7 Å². The molecule has 11 rings (SSSR count). The van der Waals surface area contributed by atoms with Crippen molar-refractivity contribution in [2.24, 2.45) is 0 Å². The average Bonchev–Trinajstić information content (AvgIpc) is 3.66. The number of para-hydroxylation sites is 2. The highest BCUT2D eigenvalue weighted by Gasteiger charge is 2.16. The van der Waals surface area contributed by atoms with E-state index in [0.29, 0.717) is 0 Å². The zero-order valence-electron chi connectivity index (χ0n) is 33.0. The summed E-state index contributed by atoms with van der Waals surface area (Å²) in [4.78, 5) is 2.33. The second-order valence-corrected chi connectivity index (χ2v) is 15.4. The predicted molar refractivity (Wildman–Crippen MR) is 255 cm³/mol. The molecule has 0 aliphatic rings. The van der Waals surface area contributed by atoms with E-state index in [1.807, 2.05) is 0 Å². The summed E-state index contributed by atoms with van der Waals surface area (Å²) in [5.41, 5.74) is 16.6. The predicted octanol–water partition coefficient (Wildman–Crippen LogP) is 16.1. The van der Waals surface area contributed by atoms with Crippen molar-refractivity contribution < 1.29 is 0 Å². The first-order chi connectivity index (χ1) is 29.7. The Balaban J connectivity index is 0.877. The van der Waals surface area contributed by atoms with Crippen LogP contribution in [0.1, 0.15) is 0 Å². The van der Waals surface area contributed by atoms with Crippen LogP contribution in [0.15, 0.2) is 243 Å². The van der Waals surface area contributed by atoms with Gasteiger partial charge in [0.1, 0.15) is 0 Å². The third-order valence-corrected chi connectivity index (χ3v) is 11.8. The Kier molecular flexibility index (Phi) is 8.87. The third kappa shape index (κ3) is 6.41. The Morgan fingerprint density at radius 2 is 0.717 bits per heavy atom. The molecule has 10 aromatic carbocycles. The van der Waals surface area contributed by atoms with Gasteiger partial charge in [-0.1, -0.05) is 176 Å². The van der Waals surface area contributed by atoms with E-state index in [1.54, 1.807) is 0 Å². The first-order valence-electron chi connectivity index (χ1n) is 20.6. The molecule has 282 valence electrons. The minimum absolute atomic E-state index is 1.11. The maximum absolute atomic E-state index is 2.39. The van der Waals surface area contributed by atoms with Crippen LogP contribution in [-0.4, -0.2) is 4.57 Å². The topological polar surface area (TPSA) is 8.17 Å². The monoisotopic (exact) mass is 764 g/mol. The van der Waals surface area contributed by atoms with Crippen molar-refractivity contribution in [3.05, 3.63) is 243 Å². The van der Waals surface area contributed by atoms with Gasteiger partial charge in [-0.05, 0) is 122 Å². The van der Waals surface area contributed by atoms with Crippen molar-refractivity contribution in [2.75, 3.05) is 4.90 Å². The summed E-state index contributed by atoms with van der Waals surface area (Å²) in [5, 5.41) is 5.02. The van der Waals surface area contributed by atoms with E-state index in [9.17, 15) is 0 Å². The van der Waals surface area contributed by atoms with Gasteiger partial charge >= 0.3 is 0 Å². The number of nitrogens with zero attached hydrogens (tertiary/aromatic N) is 2. The van der Waals surface area contributed by atoms with Crippen LogP contribution < -0.4 is 4.90 Å². The molecule has 0 aliphatic heterocycles. The Labute approximate surface area is 350 Å². The largest absolute Gasteiger partial charge is 0.311 e. The summed E-state index contributed by atoms with van der Waals surface area (Å²) >= 11 is 0. The second kappa shape index (κ2) is 15.1. The van der Waals surface area contributed by atoms with Crippen LogP contribution in [0.25, 0.3) is 82.8 Å². The molecule has 1 aromatic heterocycles. The lowest BCUT2D eigenvalue weighted by atomic mass is 9.98. The van der Waals surface area contributed by atoms with Gasteiger partial charge in [0.05, 0.1) is 11.0 Å². The van der Waals surface area contributed by atoms with Gasteiger partial charge in [0.2, 0.25) is 0 Å². The lowest BCUT2D eigenvalue weighted by Gasteiger charge is -2.26. The molecule has 1 heterocycles. The standard InChI is InChI=1S/C58H40N2/c1-3-12-41(13-4-1)43-28-35-52(36-29-43)60-57-21-10-9-19-55(57)56-40-48(32-39-58(56)60)45-24-22-42(23-25-45)44-26-33-50(34-27-44)59(49-16-5-2-6-17-49)51-37-30-47(31-38-51)54-20-11-15-46-14-7-8-18-53(46)54/h1-40H. The van der Waals surface area contributed by atoms with Gasteiger partial charge in [0, 0.05) is 33.5 Å². The second-order valence-electron chi connectivity index (χ2n) is 15.4. The Bertz CT molecular complexity index is 3250. The number of rotatable bonds is 8. The van der Waals surface area contributed by atoms with Gasteiger partial charge < -0.3 is 9.47 Å². The quantitative estimate of drug-likeness (QED) is 0.150. The van der Waals surface area contributed by atoms with Crippen LogP contribution >= 0.6 is 0 Å². The van der Waals surface area contributed by atoms with E-state index in [-0.39, 0.29) is 0 Å². The molecule has 0 radical (unpaired) electrons. The van der Waals surface area contributed by atoms with Crippen molar-refractivity contribution in [1.82, 2.24) is 4.57 Å². The molecule has 60 heavy (non-hydrogen) atoms. The maximum Gasteiger partial charge on any atom is 0.0541 e. The molecule has 0 bridgehead atoms. The number of hydrogen-bond acceptors (Lipinski definition) is 1. The fourth-order valence-corrected chi connectivity index (χ4v) is 8.81. The molecule has 0 fully saturated rings. The molecular weight excluding hydrogens is 725 g/mol. The first kappa shape index (κ1) is 35.2. The number of anilines is 3. The lowest BCUT2D eigenvalue weighted by molar-refractivity contribution is 1.18. The molecule has 0 unspecified atom stereocenters. The summed E-state index contributed by atoms with van der Waals surface area (Å²) in [6.45, 7) is 0. The van der Waals surface area contributed by atoms with E-state index < -0.39 is 0 Å². The Morgan fingerprint density at radius 1 is 0.267 bits per heavy atom. The molecular formula is C58H40N2. The molecule has 0 spiro atoms. The zero-order chi connectivity index (χ0) is 39.8. The van der Waals surface area contributed by atoms with Crippen LogP contribution in [0, 0.1) is 0 Å². The van der Waals surface area contributed by atoms with Crippen molar-refractivity contribution in [3.63, 3.8) is 0 Å². The van der Waals surface area contributed by atoms with Crippen molar-refractivity contribution >= 4 is 49.6 Å². The van der Waals surface area contributed by atoms with Crippen LogP contribution in [0.5, 0.6) is 0 Å². The molecule has 0 N–H and O–H groups in total. The van der Waals surface area contributed by atoms with Crippen molar-refractivity contribution in [1.29, 1.82) is 0 Å². The fourth-order valence-electron chi connectivity index (χ4n) is 8.81. The van der Waals surface area contributed by atoms with E-state index >= 15 is 0 Å². The van der Waals surface area contributed by atoms with Crippen LogP contribution in [0.2, 0.25) is 0 Å². The summed E-state index contributed by atoms with van der Waals surface area (Å²) in [5.74, 6) is 0. The number of hydrogen-bond donors (Lipinski definition) is 0. The average molecular weight is 765 g/mol. The normalized spacial score (nSPS) is 11.3. The molecule has 2 nitrogen and oxygen atoms in total. The summed E-state index contributed by atoms with van der Waals surface area (Å²) in [6.07, 6.45) is 0. The van der Waals surface area contributed by atoms with Crippen molar-refractivity contribution in [3.8, 4) is 50.2 Å². The zero-order valence-corrected chi connectivity index (χ0v) is 33.0. The van der Waals surface area contributed by atoms with Crippen LogP contribution in [0.3, 0.4) is 0 Å². The minimum Gasteiger partial charge on any atom is -0.311 e. The Morgan fingerprint density at radius 3 is 1.40 bits per heavy atom. The smallest absolute Gasteiger partial charge is 0.0541 e. The fraction of sp³-hybridized carbons (Fsp3) is 0.